The Balaban J connectivity index is 2.00. The van der Waals surface area contributed by atoms with Crippen LogP contribution in [0.3, 0.4) is 0 Å². The predicted molar refractivity (Wildman–Crippen MR) is 83.1 cm³/mol. The first-order valence-electron chi connectivity index (χ1n) is 7.67. The maximum atomic E-state index is 10.7. The molecule has 0 saturated heterocycles. The molecule has 1 fully saturated rings. The maximum Gasteiger partial charge on any atom is 0.0689 e. The molecule has 2 heteroatoms. The van der Waals surface area contributed by atoms with E-state index >= 15 is 0 Å². The lowest BCUT2D eigenvalue weighted by Gasteiger charge is -2.35. The summed E-state index contributed by atoms with van der Waals surface area (Å²) in [7, 11) is 1.76. The Morgan fingerprint density at radius 3 is 2.15 bits per heavy atom. The molecule has 0 aliphatic heterocycles. The molecule has 2 nitrogen and oxygen atoms in total. The van der Waals surface area contributed by atoms with E-state index in [1.54, 1.807) is 7.11 Å². The second-order valence-electron chi connectivity index (χ2n) is 7.28. The number of rotatable bonds is 3. The highest BCUT2D eigenvalue weighted by molar-refractivity contribution is 5.28. The second-order valence-corrected chi connectivity index (χ2v) is 7.28. The summed E-state index contributed by atoms with van der Waals surface area (Å²) in [5.41, 5.74) is 2.22. The van der Waals surface area contributed by atoms with Gasteiger partial charge < -0.3 is 9.84 Å². The van der Waals surface area contributed by atoms with Crippen LogP contribution in [0.2, 0.25) is 0 Å². The van der Waals surface area contributed by atoms with Gasteiger partial charge in [0.15, 0.2) is 0 Å². The van der Waals surface area contributed by atoms with E-state index in [2.05, 4.69) is 45.0 Å². The van der Waals surface area contributed by atoms with E-state index < -0.39 is 5.60 Å². The highest BCUT2D eigenvalue weighted by Gasteiger charge is 2.33. The minimum atomic E-state index is -0.543. The van der Waals surface area contributed by atoms with Crippen molar-refractivity contribution in [1.29, 1.82) is 0 Å². The van der Waals surface area contributed by atoms with Crippen molar-refractivity contribution >= 4 is 0 Å². The maximum absolute atomic E-state index is 10.7. The zero-order chi connectivity index (χ0) is 14.8. The van der Waals surface area contributed by atoms with Crippen LogP contribution < -0.4 is 0 Å². The Morgan fingerprint density at radius 2 is 1.70 bits per heavy atom. The second kappa shape index (κ2) is 5.87. The van der Waals surface area contributed by atoms with E-state index in [-0.39, 0.29) is 5.41 Å². The van der Waals surface area contributed by atoms with Crippen LogP contribution in [0.1, 0.15) is 57.6 Å². The van der Waals surface area contributed by atoms with Gasteiger partial charge in [0.25, 0.3) is 0 Å². The molecule has 1 aromatic rings. The number of benzene rings is 1. The summed E-state index contributed by atoms with van der Waals surface area (Å²) < 4.78 is 5.38. The molecular formula is C18H28O2. The Kier molecular flexibility index (Phi) is 4.55. The fourth-order valence-corrected chi connectivity index (χ4v) is 3.04. The van der Waals surface area contributed by atoms with E-state index in [1.165, 1.54) is 11.1 Å². The van der Waals surface area contributed by atoms with Gasteiger partial charge in [-0.25, -0.2) is 0 Å². The van der Waals surface area contributed by atoms with Crippen LogP contribution in [-0.2, 0) is 16.6 Å². The van der Waals surface area contributed by atoms with Gasteiger partial charge in [-0.2, -0.15) is 0 Å². The van der Waals surface area contributed by atoms with E-state index in [4.69, 9.17) is 4.74 Å². The fraction of sp³-hybridized carbons (Fsp3) is 0.667. The fourth-order valence-electron chi connectivity index (χ4n) is 3.04. The number of methoxy groups -OCH3 is 1. The summed E-state index contributed by atoms with van der Waals surface area (Å²) in [6.45, 7) is 6.67. The van der Waals surface area contributed by atoms with Gasteiger partial charge in [0.1, 0.15) is 0 Å². The van der Waals surface area contributed by atoms with E-state index in [9.17, 15) is 5.11 Å². The molecule has 0 unspecified atom stereocenters. The Hall–Kier alpha value is -0.860. The van der Waals surface area contributed by atoms with E-state index in [1.807, 2.05) is 0 Å². The minimum Gasteiger partial charge on any atom is -0.390 e. The normalized spacial score (nSPS) is 27.6. The van der Waals surface area contributed by atoms with Crippen LogP contribution >= 0.6 is 0 Å². The van der Waals surface area contributed by atoms with Crippen molar-refractivity contribution in [3.63, 3.8) is 0 Å². The molecule has 112 valence electrons. The monoisotopic (exact) mass is 276 g/mol. The minimum absolute atomic E-state index is 0.186. The molecule has 20 heavy (non-hydrogen) atoms. The Labute approximate surface area is 123 Å². The zero-order valence-electron chi connectivity index (χ0n) is 13.3. The Morgan fingerprint density at radius 1 is 1.15 bits per heavy atom. The quantitative estimate of drug-likeness (QED) is 0.908. The molecule has 0 bridgehead atoms. The van der Waals surface area contributed by atoms with Crippen molar-refractivity contribution in [3.05, 3.63) is 35.4 Å². The van der Waals surface area contributed by atoms with E-state index in [0.717, 1.165) is 32.1 Å². The lowest BCUT2D eigenvalue weighted by molar-refractivity contribution is -0.0427. The number of hydrogen-bond donors (Lipinski definition) is 1. The summed E-state index contributed by atoms with van der Waals surface area (Å²) in [6, 6.07) is 8.72. The average Bonchev–Trinajstić information content (AvgIpc) is 2.39. The zero-order valence-corrected chi connectivity index (χ0v) is 13.3. The largest absolute Gasteiger partial charge is 0.390 e. The van der Waals surface area contributed by atoms with Crippen molar-refractivity contribution in [2.24, 2.45) is 0 Å². The molecule has 0 radical (unpaired) electrons. The van der Waals surface area contributed by atoms with Crippen LogP contribution in [0, 0.1) is 0 Å². The third-order valence-electron chi connectivity index (χ3n) is 4.55. The Bertz CT molecular complexity index is 420. The first-order chi connectivity index (χ1) is 9.32. The van der Waals surface area contributed by atoms with Gasteiger partial charge in [-0.05, 0) is 42.2 Å². The number of hydrogen-bond acceptors (Lipinski definition) is 2. The van der Waals surface area contributed by atoms with E-state index in [0.29, 0.717) is 6.10 Å². The topological polar surface area (TPSA) is 29.5 Å². The highest BCUT2D eigenvalue weighted by atomic mass is 16.5. The van der Waals surface area contributed by atoms with Crippen LogP contribution in [-0.4, -0.2) is 23.9 Å². The highest BCUT2D eigenvalue weighted by Crippen LogP contribution is 2.33. The lowest BCUT2D eigenvalue weighted by Crippen LogP contribution is -2.38. The molecule has 0 spiro atoms. The van der Waals surface area contributed by atoms with Crippen molar-refractivity contribution in [2.45, 2.75) is 70.0 Å². The molecule has 0 aromatic heterocycles. The summed E-state index contributed by atoms with van der Waals surface area (Å²) in [4.78, 5) is 0. The van der Waals surface area contributed by atoms with Gasteiger partial charge in [0, 0.05) is 13.5 Å². The first-order valence-corrected chi connectivity index (χ1v) is 7.67. The lowest BCUT2D eigenvalue weighted by atomic mass is 9.79. The average molecular weight is 276 g/mol. The van der Waals surface area contributed by atoms with Gasteiger partial charge in [-0.15, -0.1) is 0 Å². The molecule has 1 aromatic carbocycles. The molecule has 1 aliphatic rings. The van der Waals surface area contributed by atoms with Crippen LogP contribution in [0.15, 0.2) is 24.3 Å². The SMILES string of the molecule is COC1CCC(O)(Cc2ccc(C(C)(C)C)cc2)CC1. The van der Waals surface area contributed by atoms with Gasteiger partial charge in [0.05, 0.1) is 11.7 Å². The standard InChI is InChI=1S/C18H28O2/c1-17(2,3)15-7-5-14(6-8-15)13-18(19)11-9-16(20-4)10-12-18/h5-8,16,19H,9-13H2,1-4H3. The predicted octanol–water partition coefficient (Wildman–Crippen LogP) is 3.85. The molecular weight excluding hydrogens is 248 g/mol. The third-order valence-corrected chi connectivity index (χ3v) is 4.55. The summed E-state index contributed by atoms with van der Waals surface area (Å²) in [5.74, 6) is 0. The van der Waals surface area contributed by atoms with Gasteiger partial charge in [0.2, 0.25) is 0 Å². The number of ether oxygens (including phenoxy) is 1. The molecule has 0 heterocycles. The van der Waals surface area contributed by atoms with Crippen molar-refractivity contribution < 1.29 is 9.84 Å². The van der Waals surface area contributed by atoms with Crippen molar-refractivity contribution in [2.75, 3.05) is 7.11 Å². The van der Waals surface area contributed by atoms with Crippen molar-refractivity contribution in [3.8, 4) is 0 Å². The summed E-state index contributed by atoms with van der Waals surface area (Å²) >= 11 is 0. The molecule has 1 saturated carbocycles. The van der Waals surface area contributed by atoms with Crippen molar-refractivity contribution in [1.82, 2.24) is 0 Å². The van der Waals surface area contributed by atoms with Crippen LogP contribution in [0.25, 0.3) is 0 Å². The van der Waals surface area contributed by atoms with Crippen LogP contribution in [0.4, 0.5) is 0 Å². The molecule has 0 amide bonds. The smallest absolute Gasteiger partial charge is 0.0689 e. The summed E-state index contributed by atoms with van der Waals surface area (Å²) in [5, 5.41) is 10.7. The van der Waals surface area contributed by atoms with Gasteiger partial charge in [-0.3, -0.25) is 0 Å². The van der Waals surface area contributed by atoms with Gasteiger partial charge in [-0.1, -0.05) is 45.0 Å². The molecule has 0 atom stereocenters. The first kappa shape index (κ1) is 15.5. The number of aliphatic hydroxyl groups is 1. The summed E-state index contributed by atoms with van der Waals surface area (Å²) in [6.07, 6.45) is 4.70. The van der Waals surface area contributed by atoms with Crippen LogP contribution in [0.5, 0.6) is 0 Å². The molecule has 1 aliphatic carbocycles. The third kappa shape index (κ3) is 3.83. The molecule has 1 N–H and O–H groups in total. The molecule has 2 rings (SSSR count). The van der Waals surface area contributed by atoms with Gasteiger partial charge >= 0.3 is 0 Å².